The maximum absolute atomic E-state index is 12.4. The molecule has 1 N–H and O–H groups in total. The van der Waals surface area contributed by atoms with Crippen molar-refractivity contribution < 1.29 is 23.9 Å². The molecule has 1 aromatic rings. The first-order chi connectivity index (χ1) is 12.2. The van der Waals surface area contributed by atoms with Crippen LogP contribution in [0.4, 0.5) is 0 Å². The van der Waals surface area contributed by atoms with Crippen LogP contribution in [-0.2, 0) is 14.3 Å². The van der Waals surface area contributed by atoms with Crippen molar-refractivity contribution in [3.05, 3.63) is 33.3 Å². The van der Waals surface area contributed by atoms with Crippen molar-refractivity contribution in [1.29, 1.82) is 0 Å². The van der Waals surface area contributed by atoms with Crippen molar-refractivity contribution in [3.63, 3.8) is 0 Å². The maximum atomic E-state index is 12.4. The van der Waals surface area contributed by atoms with Crippen LogP contribution >= 0.6 is 23.2 Å². The molecule has 9 heteroatoms. The van der Waals surface area contributed by atoms with Crippen LogP contribution in [0.3, 0.4) is 0 Å². The summed E-state index contributed by atoms with van der Waals surface area (Å²) in [5.41, 5.74) is 0.173. The summed E-state index contributed by atoms with van der Waals surface area (Å²) in [6, 6.07) is 1.73. The Balaban J connectivity index is 2.16. The molecular formula is C17H18Cl2N2O5. The molecule has 0 saturated heterocycles. The van der Waals surface area contributed by atoms with Gasteiger partial charge in [-0.2, -0.15) is 0 Å². The summed E-state index contributed by atoms with van der Waals surface area (Å²) in [4.78, 5) is 49.8. The fourth-order valence-electron chi connectivity index (χ4n) is 2.59. The average molecular weight is 401 g/mol. The normalized spacial score (nSPS) is 15.5. The highest BCUT2D eigenvalue weighted by Gasteiger charge is 2.38. The van der Waals surface area contributed by atoms with Crippen LogP contribution in [0.25, 0.3) is 0 Å². The number of hydrogen-bond acceptors (Lipinski definition) is 5. The standard InChI is InChI=1S/C17H18Cl2N2O5/c1-4-8(2)14(17(25)26-3)20-13(22)7-21-15(23)9-5-11(18)12(19)6-10(9)16(21)24/h5-6,8,14H,4,7H2,1-3H3,(H,20,22)/t8-,14+/m0/s1. The molecule has 26 heavy (non-hydrogen) atoms. The molecule has 1 heterocycles. The summed E-state index contributed by atoms with van der Waals surface area (Å²) in [7, 11) is 1.22. The summed E-state index contributed by atoms with van der Waals surface area (Å²) >= 11 is 11.8. The lowest BCUT2D eigenvalue weighted by Gasteiger charge is -2.23. The van der Waals surface area contributed by atoms with Crippen LogP contribution in [-0.4, -0.2) is 48.3 Å². The smallest absolute Gasteiger partial charge is 0.328 e. The quantitative estimate of drug-likeness (QED) is 0.583. The number of carbonyl (C=O) groups excluding carboxylic acids is 4. The van der Waals surface area contributed by atoms with E-state index in [0.29, 0.717) is 6.42 Å². The van der Waals surface area contributed by atoms with E-state index in [-0.39, 0.29) is 27.1 Å². The monoisotopic (exact) mass is 400 g/mol. The van der Waals surface area contributed by atoms with Crippen molar-refractivity contribution in [2.45, 2.75) is 26.3 Å². The van der Waals surface area contributed by atoms with Gasteiger partial charge in [0.15, 0.2) is 0 Å². The molecule has 1 aliphatic heterocycles. The number of nitrogens with zero attached hydrogens (tertiary/aromatic N) is 1. The SMILES string of the molecule is CC[C@H](C)[C@@H](NC(=O)CN1C(=O)c2cc(Cl)c(Cl)cc2C1=O)C(=O)OC. The van der Waals surface area contributed by atoms with E-state index in [1.807, 2.05) is 6.92 Å². The molecule has 0 aliphatic carbocycles. The molecule has 2 atom stereocenters. The molecule has 0 saturated carbocycles. The Hall–Kier alpha value is -2.12. The second-order valence-corrected chi connectivity index (χ2v) is 6.78. The number of esters is 1. The highest BCUT2D eigenvalue weighted by Crippen LogP contribution is 2.31. The highest BCUT2D eigenvalue weighted by atomic mass is 35.5. The van der Waals surface area contributed by atoms with Crippen LogP contribution in [0.15, 0.2) is 12.1 Å². The summed E-state index contributed by atoms with van der Waals surface area (Å²) in [5, 5.41) is 2.80. The Labute approximate surface area is 160 Å². The molecule has 1 aromatic carbocycles. The van der Waals surface area contributed by atoms with Gasteiger partial charge in [-0.25, -0.2) is 4.79 Å². The predicted octanol–water partition coefficient (Wildman–Crippen LogP) is 2.29. The second-order valence-electron chi connectivity index (χ2n) is 5.96. The molecule has 0 bridgehead atoms. The zero-order valence-electron chi connectivity index (χ0n) is 14.5. The fourth-order valence-corrected chi connectivity index (χ4v) is 2.91. The molecule has 0 aromatic heterocycles. The van der Waals surface area contributed by atoms with E-state index in [0.717, 1.165) is 4.90 Å². The van der Waals surface area contributed by atoms with Gasteiger partial charge >= 0.3 is 5.97 Å². The van der Waals surface area contributed by atoms with Gasteiger partial charge in [0.05, 0.1) is 28.3 Å². The first-order valence-corrected chi connectivity index (χ1v) is 8.69. The lowest BCUT2D eigenvalue weighted by atomic mass is 9.99. The van der Waals surface area contributed by atoms with Gasteiger partial charge in [0, 0.05) is 0 Å². The lowest BCUT2D eigenvalue weighted by Crippen LogP contribution is -2.49. The summed E-state index contributed by atoms with van der Waals surface area (Å²) in [6.45, 7) is 3.13. The van der Waals surface area contributed by atoms with E-state index < -0.39 is 36.3 Å². The molecule has 0 radical (unpaired) electrons. The van der Waals surface area contributed by atoms with E-state index in [1.54, 1.807) is 6.92 Å². The largest absolute Gasteiger partial charge is 0.467 e. The second kappa shape index (κ2) is 8.05. The van der Waals surface area contributed by atoms with E-state index in [1.165, 1.54) is 19.2 Å². The number of hydrogen-bond donors (Lipinski definition) is 1. The number of carbonyl (C=O) groups is 4. The topological polar surface area (TPSA) is 92.8 Å². The molecule has 2 rings (SSSR count). The fraction of sp³-hybridized carbons (Fsp3) is 0.412. The molecule has 1 aliphatic rings. The van der Waals surface area contributed by atoms with Gasteiger partial charge in [0.1, 0.15) is 12.6 Å². The van der Waals surface area contributed by atoms with Gasteiger partial charge in [-0.15, -0.1) is 0 Å². The molecule has 0 fully saturated rings. The first-order valence-electron chi connectivity index (χ1n) is 7.93. The minimum absolute atomic E-state index is 0.0867. The number of halogens is 2. The summed E-state index contributed by atoms with van der Waals surface area (Å²) < 4.78 is 4.70. The molecule has 7 nitrogen and oxygen atoms in total. The molecular weight excluding hydrogens is 383 g/mol. The van der Waals surface area contributed by atoms with Gasteiger partial charge in [0.25, 0.3) is 11.8 Å². The summed E-state index contributed by atoms with van der Waals surface area (Å²) in [5.74, 6) is -2.69. The van der Waals surface area contributed by atoms with Crippen molar-refractivity contribution in [2.24, 2.45) is 5.92 Å². The third-order valence-corrected chi connectivity index (χ3v) is 5.02. The number of ether oxygens (including phenoxy) is 1. The number of amides is 3. The Morgan fingerprint density at radius 2 is 1.65 bits per heavy atom. The van der Waals surface area contributed by atoms with Crippen LogP contribution in [0.2, 0.25) is 10.0 Å². The molecule has 140 valence electrons. The average Bonchev–Trinajstić information content (AvgIpc) is 2.83. The Kier molecular flexibility index (Phi) is 6.26. The van der Waals surface area contributed by atoms with Gasteiger partial charge in [-0.05, 0) is 18.1 Å². The van der Waals surface area contributed by atoms with Crippen molar-refractivity contribution in [2.75, 3.05) is 13.7 Å². The van der Waals surface area contributed by atoms with Gasteiger partial charge in [-0.1, -0.05) is 43.5 Å². The number of nitrogens with one attached hydrogen (secondary N) is 1. The minimum Gasteiger partial charge on any atom is -0.467 e. The van der Waals surface area contributed by atoms with Gasteiger partial charge in [0.2, 0.25) is 5.91 Å². The number of benzene rings is 1. The van der Waals surface area contributed by atoms with Crippen LogP contribution < -0.4 is 5.32 Å². The van der Waals surface area contributed by atoms with Crippen molar-refractivity contribution in [3.8, 4) is 0 Å². The van der Waals surface area contributed by atoms with Crippen LogP contribution in [0, 0.1) is 5.92 Å². The third-order valence-electron chi connectivity index (χ3n) is 4.30. The van der Waals surface area contributed by atoms with E-state index in [2.05, 4.69) is 5.32 Å². The van der Waals surface area contributed by atoms with E-state index in [9.17, 15) is 19.2 Å². The Morgan fingerprint density at radius 3 is 2.08 bits per heavy atom. The van der Waals surface area contributed by atoms with Crippen LogP contribution in [0.1, 0.15) is 41.0 Å². The number of methoxy groups -OCH3 is 1. The zero-order valence-corrected chi connectivity index (χ0v) is 16.0. The van der Waals surface area contributed by atoms with E-state index >= 15 is 0 Å². The Bertz CT molecular complexity index is 740. The highest BCUT2D eigenvalue weighted by molar-refractivity contribution is 6.43. The number of fused-ring (bicyclic) bond motifs is 1. The van der Waals surface area contributed by atoms with E-state index in [4.69, 9.17) is 27.9 Å². The first kappa shape index (κ1) is 20.2. The van der Waals surface area contributed by atoms with Gasteiger partial charge in [-0.3, -0.25) is 19.3 Å². The van der Waals surface area contributed by atoms with Crippen LogP contribution in [0.5, 0.6) is 0 Å². The minimum atomic E-state index is -0.864. The predicted molar refractivity (Wildman–Crippen MR) is 95.2 cm³/mol. The van der Waals surface area contributed by atoms with Gasteiger partial charge < -0.3 is 10.1 Å². The number of imide groups is 1. The zero-order chi connectivity index (χ0) is 19.6. The van der Waals surface area contributed by atoms with Crippen molar-refractivity contribution in [1.82, 2.24) is 10.2 Å². The molecule has 3 amide bonds. The Morgan fingerprint density at radius 1 is 1.15 bits per heavy atom. The number of rotatable bonds is 6. The summed E-state index contributed by atoms with van der Waals surface area (Å²) in [6.07, 6.45) is 0.629. The molecule has 0 spiro atoms. The van der Waals surface area contributed by atoms with Crippen molar-refractivity contribution >= 4 is 46.9 Å². The lowest BCUT2D eigenvalue weighted by molar-refractivity contribution is -0.146. The third kappa shape index (κ3) is 3.83. The maximum Gasteiger partial charge on any atom is 0.328 e. The molecule has 0 unspecified atom stereocenters.